The number of nitrogens with zero attached hydrogens (tertiary/aromatic N) is 3. The van der Waals surface area contributed by atoms with Gasteiger partial charge in [-0.2, -0.15) is 0 Å². The summed E-state index contributed by atoms with van der Waals surface area (Å²) in [6.45, 7) is 8.13. The maximum Gasteiger partial charge on any atom is 0.275 e. The Labute approximate surface area is 149 Å². The van der Waals surface area contributed by atoms with Gasteiger partial charge in [-0.1, -0.05) is 12.1 Å². The summed E-state index contributed by atoms with van der Waals surface area (Å²) in [7, 11) is 3.41. The fourth-order valence-corrected chi connectivity index (χ4v) is 2.38. The maximum absolute atomic E-state index is 12.1. The Morgan fingerprint density at radius 2 is 1.92 bits per heavy atom. The van der Waals surface area contributed by atoms with E-state index in [1.165, 1.54) is 11.8 Å². The van der Waals surface area contributed by atoms with Crippen molar-refractivity contribution >= 4 is 5.91 Å². The van der Waals surface area contributed by atoms with E-state index < -0.39 is 0 Å². The Hall–Kier alpha value is -2.34. The van der Waals surface area contributed by atoms with Crippen molar-refractivity contribution in [3.8, 4) is 5.75 Å². The van der Waals surface area contributed by atoms with Crippen LogP contribution in [0.5, 0.6) is 5.75 Å². The molecule has 0 saturated carbocycles. The molecule has 0 atom stereocenters. The molecule has 1 amide bonds. The van der Waals surface area contributed by atoms with Gasteiger partial charge in [-0.25, -0.2) is 4.98 Å². The van der Waals surface area contributed by atoms with Crippen molar-refractivity contribution in [3.05, 3.63) is 47.7 Å². The first-order chi connectivity index (χ1) is 11.9. The van der Waals surface area contributed by atoms with Gasteiger partial charge in [0, 0.05) is 26.2 Å². The molecular formula is C19H27N3O3. The summed E-state index contributed by atoms with van der Waals surface area (Å²) < 4.78 is 10.7. The van der Waals surface area contributed by atoms with Gasteiger partial charge < -0.3 is 14.1 Å². The molecule has 1 heterocycles. The molecule has 2 rings (SSSR count). The van der Waals surface area contributed by atoms with Crippen LogP contribution in [0, 0.1) is 0 Å². The molecule has 0 unspecified atom stereocenters. The largest absolute Gasteiger partial charge is 0.497 e. The number of benzene rings is 1. The van der Waals surface area contributed by atoms with E-state index in [-0.39, 0.29) is 5.91 Å². The van der Waals surface area contributed by atoms with E-state index in [2.05, 4.69) is 35.9 Å². The van der Waals surface area contributed by atoms with E-state index in [4.69, 9.17) is 9.15 Å². The molecule has 0 aliphatic heterocycles. The first-order valence-corrected chi connectivity index (χ1v) is 8.51. The number of hydrogen-bond donors (Lipinski definition) is 0. The molecule has 0 aliphatic rings. The molecule has 1 aromatic carbocycles. The number of methoxy groups -OCH3 is 1. The molecule has 2 aromatic rings. The van der Waals surface area contributed by atoms with Gasteiger partial charge in [0.25, 0.3) is 5.91 Å². The second-order valence-corrected chi connectivity index (χ2v) is 6.29. The summed E-state index contributed by atoms with van der Waals surface area (Å²) in [4.78, 5) is 20.3. The van der Waals surface area contributed by atoms with Crippen molar-refractivity contribution in [3.63, 3.8) is 0 Å². The van der Waals surface area contributed by atoms with E-state index in [0.717, 1.165) is 12.3 Å². The second-order valence-electron chi connectivity index (χ2n) is 6.29. The molecule has 0 N–H and O–H groups in total. The zero-order valence-corrected chi connectivity index (χ0v) is 15.7. The van der Waals surface area contributed by atoms with Crippen LogP contribution in [0.2, 0.25) is 0 Å². The molecule has 0 aliphatic carbocycles. The maximum atomic E-state index is 12.1. The van der Waals surface area contributed by atoms with Crippen molar-refractivity contribution < 1.29 is 13.9 Å². The molecule has 0 bridgehead atoms. The minimum absolute atomic E-state index is 0.122. The Kier molecular flexibility index (Phi) is 6.58. The third kappa shape index (κ3) is 5.06. The number of rotatable bonds is 8. The highest BCUT2D eigenvalue weighted by atomic mass is 16.5. The lowest BCUT2D eigenvalue weighted by molar-refractivity contribution is 0.0796. The molecule has 1 aromatic heterocycles. The van der Waals surface area contributed by atoms with Crippen LogP contribution in [-0.4, -0.2) is 47.4 Å². The smallest absolute Gasteiger partial charge is 0.275 e. The van der Waals surface area contributed by atoms with Gasteiger partial charge in [-0.15, -0.1) is 0 Å². The number of carbonyl (C=O) groups excluding carboxylic acids is 1. The first kappa shape index (κ1) is 19.0. The Morgan fingerprint density at radius 3 is 2.48 bits per heavy atom. The van der Waals surface area contributed by atoms with Crippen LogP contribution in [0.15, 0.2) is 34.9 Å². The molecule has 0 fully saturated rings. The minimum Gasteiger partial charge on any atom is -0.497 e. The zero-order valence-electron chi connectivity index (χ0n) is 15.7. The number of amides is 1. The van der Waals surface area contributed by atoms with Crippen LogP contribution in [-0.2, 0) is 13.1 Å². The number of carbonyl (C=O) groups is 1. The third-order valence-corrected chi connectivity index (χ3v) is 4.21. The van der Waals surface area contributed by atoms with Gasteiger partial charge in [0.15, 0.2) is 5.69 Å². The van der Waals surface area contributed by atoms with E-state index >= 15 is 0 Å². The van der Waals surface area contributed by atoms with Crippen LogP contribution in [0.4, 0.5) is 0 Å². The van der Waals surface area contributed by atoms with Crippen LogP contribution in [0.25, 0.3) is 0 Å². The summed E-state index contributed by atoms with van der Waals surface area (Å²) in [5.74, 6) is 1.27. The van der Waals surface area contributed by atoms with E-state index in [1.807, 2.05) is 19.1 Å². The van der Waals surface area contributed by atoms with E-state index in [9.17, 15) is 4.79 Å². The summed E-state index contributed by atoms with van der Waals surface area (Å²) >= 11 is 0. The Morgan fingerprint density at radius 1 is 1.24 bits per heavy atom. The lowest BCUT2D eigenvalue weighted by Gasteiger charge is -2.25. The number of ether oxygens (including phenoxy) is 1. The average Bonchev–Trinajstić information content (AvgIpc) is 3.08. The minimum atomic E-state index is -0.122. The predicted octanol–water partition coefficient (Wildman–Crippen LogP) is 3.19. The van der Waals surface area contributed by atoms with Crippen LogP contribution in [0.3, 0.4) is 0 Å². The molecular weight excluding hydrogens is 318 g/mol. The predicted molar refractivity (Wildman–Crippen MR) is 96.5 cm³/mol. The number of aromatic nitrogens is 1. The quantitative estimate of drug-likeness (QED) is 0.735. The standard InChI is InChI=1S/C19H27N3O3/c1-6-21(4)19(23)17-13-25-18(20-17)12-22(14(2)3)11-15-7-9-16(24-5)10-8-15/h7-10,13-14H,6,11-12H2,1-5H3. The lowest BCUT2D eigenvalue weighted by Crippen LogP contribution is -2.30. The van der Waals surface area contributed by atoms with Gasteiger partial charge in [0.1, 0.15) is 12.0 Å². The number of oxazole rings is 1. The summed E-state index contributed by atoms with van der Waals surface area (Å²) in [6.07, 6.45) is 1.44. The van der Waals surface area contributed by atoms with Crippen LogP contribution in [0.1, 0.15) is 42.7 Å². The number of hydrogen-bond acceptors (Lipinski definition) is 5. The second kappa shape index (κ2) is 8.67. The molecule has 0 saturated heterocycles. The highest BCUT2D eigenvalue weighted by Gasteiger charge is 2.18. The van der Waals surface area contributed by atoms with Crippen LogP contribution >= 0.6 is 0 Å². The van der Waals surface area contributed by atoms with E-state index in [1.54, 1.807) is 19.1 Å². The highest BCUT2D eigenvalue weighted by Crippen LogP contribution is 2.16. The Balaban J connectivity index is 2.06. The van der Waals surface area contributed by atoms with Crippen molar-refractivity contribution in [2.24, 2.45) is 0 Å². The fraction of sp³-hybridized carbons (Fsp3) is 0.474. The average molecular weight is 345 g/mol. The van der Waals surface area contributed by atoms with Gasteiger partial charge in [0.2, 0.25) is 5.89 Å². The van der Waals surface area contributed by atoms with Crippen molar-refractivity contribution in [2.75, 3.05) is 20.7 Å². The topological polar surface area (TPSA) is 58.8 Å². The lowest BCUT2D eigenvalue weighted by atomic mass is 10.2. The third-order valence-electron chi connectivity index (χ3n) is 4.21. The van der Waals surface area contributed by atoms with Crippen LogP contribution < -0.4 is 4.74 Å². The van der Waals surface area contributed by atoms with Gasteiger partial charge in [0.05, 0.1) is 13.7 Å². The van der Waals surface area contributed by atoms with Crippen molar-refractivity contribution in [2.45, 2.75) is 39.9 Å². The van der Waals surface area contributed by atoms with Gasteiger partial charge >= 0.3 is 0 Å². The van der Waals surface area contributed by atoms with Gasteiger partial charge in [-0.3, -0.25) is 9.69 Å². The zero-order chi connectivity index (χ0) is 18.4. The summed E-state index contributed by atoms with van der Waals surface area (Å²) in [6, 6.07) is 8.32. The monoisotopic (exact) mass is 345 g/mol. The molecule has 6 heteroatoms. The van der Waals surface area contributed by atoms with Crippen molar-refractivity contribution in [1.29, 1.82) is 0 Å². The van der Waals surface area contributed by atoms with E-state index in [0.29, 0.717) is 30.7 Å². The molecule has 0 spiro atoms. The first-order valence-electron chi connectivity index (χ1n) is 8.51. The highest BCUT2D eigenvalue weighted by molar-refractivity contribution is 5.91. The normalized spacial score (nSPS) is 11.2. The summed E-state index contributed by atoms with van der Waals surface area (Å²) in [5.41, 5.74) is 1.54. The molecule has 136 valence electrons. The Bertz CT molecular complexity index is 679. The van der Waals surface area contributed by atoms with Gasteiger partial charge in [-0.05, 0) is 38.5 Å². The molecule has 25 heavy (non-hydrogen) atoms. The molecule has 0 radical (unpaired) electrons. The fourth-order valence-electron chi connectivity index (χ4n) is 2.38. The SMILES string of the molecule is CCN(C)C(=O)c1coc(CN(Cc2ccc(OC)cc2)C(C)C)n1. The van der Waals surface area contributed by atoms with Crippen molar-refractivity contribution in [1.82, 2.24) is 14.8 Å². The summed E-state index contributed by atoms with van der Waals surface area (Å²) in [5, 5.41) is 0. The molecule has 6 nitrogen and oxygen atoms in total.